The minimum atomic E-state index is -0.611. The van der Waals surface area contributed by atoms with Gasteiger partial charge in [0.05, 0.1) is 0 Å². The van der Waals surface area contributed by atoms with Crippen molar-refractivity contribution in [2.24, 2.45) is 17.3 Å². The molecule has 0 saturated carbocycles. The maximum Gasteiger partial charge on any atom is 0.0411 e. The van der Waals surface area contributed by atoms with E-state index in [-0.39, 0.29) is 37.5 Å². The van der Waals surface area contributed by atoms with Gasteiger partial charge in [0.25, 0.3) is 0 Å². The maximum atomic E-state index is 3.66. The van der Waals surface area contributed by atoms with E-state index < -0.39 is 8.07 Å². The van der Waals surface area contributed by atoms with E-state index in [2.05, 4.69) is 176 Å². The number of allylic oxidation sites excluding steroid dienone is 8. The molecule has 0 fully saturated rings. The van der Waals surface area contributed by atoms with Crippen LogP contribution in [0.3, 0.4) is 0 Å². The molecule has 0 aromatic carbocycles. The predicted molar refractivity (Wildman–Crippen MR) is 268 cm³/mol. The van der Waals surface area contributed by atoms with Gasteiger partial charge in [0.15, 0.2) is 0 Å². The first-order chi connectivity index (χ1) is 20.5. The van der Waals surface area contributed by atoms with Gasteiger partial charge in [-0.05, 0) is 72.6 Å². The van der Waals surface area contributed by atoms with Gasteiger partial charge in [-0.15, -0.1) is 24.0 Å². The molecule has 0 atom stereocenters. The normalized spacial score (nSPS) is 8.24. The van der Waals surface area contributed by atoms with Gasteiger partial charge in [0.2, 0.25) is 0 Å². The monoisotopic (exact) mass is 851 g/mol. The molecule has 310 valence electrons. The topological polar surface area (TPSA) is 0 Å². The SMILES string of the molecule is C.C/C=C\C.C=C(C)C(=C)C.C=CC=C.CC(C)(C)C.CC(C)=C(C)C.CC(C)C(C)C.CCC.CCCC.C[SiH2]C.C[Si](C)(C)C.F.I.[HH]. The van der Waals surface area contributed by atoms with E-state index in [4.69, 9.17) is 0 Å². The Morgan fingerprint density at radius 2 is 0.776 bits per heavy atom. The average Bonchev–Trinajstić information content (AvgIpc) is 2.88. The quantitative estimate of drug-likeness (QED) is 0.114. The van der Waals surface area contributed by atoms with E-state index in [1.165, 1.54) is 30.4 Å². The van der Waals surface area contributed by atoms with Crippen molar-refractivity contribution in [3.63, 3.8) is 0 Å². The molecule has 0 aliphatic rings. The van der Waals surface area contributed by atoms with E-state index in [1.54, 1.807) is 12.2 Å². The molecular formula is C45H108FISi2. The highest BCUT2D eigenvalue weighted by molar-refractivity contribution is 14.0. The third kappa shape index (κ3) is 467. The lowest BCUT2D eigenvalue weighted by molar-refractivity contribution is 0.457. The smallest absolute Gasteiger partial charge is 0.0411 e. The molecule has 0 unspecified atom stereocenters. The number of unbranched alkanes of at least 4 members (excludes halogenated alkanes) is 1. The van der Waals surface area contributed by atoms with Crippen LogP contribution in [0.4, 0.5) is 4.70 Å². The second-order valence-corrected chi connectivity index (χ2v) is 23.0. The van der Waals surface area contributed by atoms with E-state index in [0.717, 1.165) is 23.0 Å². The van der Waals surface area contributed by atoms with Crippen LogP contribution in [0.15, 0.2) is 72.9 Å². The van der Waals surface area contributed by atoms with Gasteiger partial charge in [0, 0.05) is 19.0 Å². The summed E-state index contributed by atoms with van der Waals surface area (Å²) >= 11 is 0. The fourth-order valence-electron chi connectivity index (χ4n) is 0. The van der Waals surface area contributed by atoms with Crippen LogP contribution in [0, 0.1) is 17.3 Å². The van der Waals surface area contributed by atoms with Gasteiger partial charge in [0.1, 0.15) is 0 Å². The zero-order valence-corrected chi connectivity index (χ0v) is 43.7. The summed E-state index contributed by atoms with van der Waals surface area (Å²) in [5.41, 5.74) is 5.48. The molecule has 4 heteroatoms. The molecule has 0 aromatic heterocycles. The van der Waals surface area contributed by atoms with Crippen molar-refractivity contribution in [1.82, 2.24) is 0 Å². The number of halogens is 2. The third-order valence-corrected chi connectivity index (χ3v) is 4.06. The second kappa shape index (κ2) is 73.1. The molecule has 0 heterocycles. The Hall–Kier alpha value is -0.466. The van der Waals surface area contributed by atoms with Gasteiger partial charge >= 0.3 is 0 Å². The highest BCUT2D eigenvalue weighted by Crippen LogP contribution is 2.08. The minimum absolute atomic E-state index is 0. The fraction of sp³-hybridized carbons (Fsp3) is 0.733. The second-order valence-electron chi connectivity index (χ2n) is 15.6. The van der Waals surface area contributed by atoms with Crippen LogP contribution in [-0.2, 0) is 0 Å². The van der Waals surface area contributed by atoms with Crippen LogP contribution in [0.2, 0.25) is 39.3 Å². The van der Waals surface area contributed by atoms with E-state index >= 15 is 0 Å². The van der Waals surface area contributed by atoms with E-state index in [1.807, 2.05) is 39.8 Å². The Bertz CT molecular complexity index is 562. The summed E-state index contributed by atoms with van der Waals surface area (Å²) < 4.78 is 0. The lowest BCUT2D eigenvalue weighted by Gasteiger charge is -2.05. The summed E-state index contributed by atoms with van der Waals surface area (Å²) in [5, 5.41) is 0. The first-order valence-electron chi connectivity index (χ1n) is 18.2. The molecule has 0 amide bonds. The largest absolute Gasteiger partial charge is 0.269 e. The molecule has 0 aliphatic carbocycles. The molecule has 0 aromatic rings. The van der Waals surface area contributed by atoms with Crippen molar-refractivity contribution in [3.8, 4) is 0 Å². The number of rotatable bonds is 4. The highest BCUT2D eigenvalue weighted by Gasteiger charge is 1.99. The maximum absolute atomic E-state index is 3.66. The van der Waals surface area contributed by atoms with Crippen molar-refractivity contribution in [2.75, 3.05) is 0 Å². The molecule has 0 spiro atoms. The number of hydrogen-bond acceptors (Lipinski definition) is 0. The van der Waals surface area contributed by atoms with Crippen molar-refractivity contribution in [3.05, 3.63) is 72.9 Å². The van der Waals surface area contributed by atoms with Gasteiger partial charge in [-0.25, -0.2) is 0 Å². The first kappa shape index (κ1) is 86.8. The predicted octanol–water partition coefficient (Wildman–Crippen LogP) is 18.9. The van der Waals surface area contributed by atoms with Gasteiger partial charge < -0.3 is 0 Å². The van der Waals surface area contributed by atoms with Crippen LogP contribution < -0.4 is 0 Å². The highest BCUT2D eigenvalue weighted by atomic mass is 127. The van der Waals surface area contributed by atoms with Crippen LogP contribution in [0.5, 0.6) is 0 Å². The lowest BCUT2D eigenvalue weighted by Crippen LogP contribution is -2.10. The molecular weight excluding hydrogens is 743 g/mol. The van der Waals surface area contributed by atoms with E-state index in [0.29, 0.717) is 14.9 Å². The molecule has 49 heavy (non-hydrogen) atoms. The fourth-order valence-corrected chi connectivity index (χ4v) is 0. The Kier molecular flexibility index (Phi) is 129. The average molecular weight is 851 g/mol. The Morgan fingerprint density at radius 3 is 0.776 bits per heavy atom. The molecule has 0 radical (unpaired) electrons. The summed E-state index contributed by atoms with van der Waals surface area (Å²) in [5.74, 6) is 1.70. The van der Waals surface area contributed by atoms with E-state index in [9.17, 15) is 0 Å². The first-order valence-corrected chi connectivity index (χ1v) is 25.1. The van der Waals surface area contributed by atoms with Crippen molar-refractivity contribution >= 4 is 41.6 Å². The minimum Gasteiger partial charge on any atom is -0.269 e. The van der Waals surface area contributed by atoms with Crippen LogP contribution in [0.25, 0.3) is 0 Å². The molecule has 0 rings (SSSR count). The Balaban J connectivity index is -0.0000000240. The van der Waals surface area contributed by atoms with Gasteiger partial charge in [-0.2, -0.15) is 0 Å². The van der Waals surface area contributed by atoms with Crippen molar-refractivity contribution in [2.45, 2.75) is 204 Å². The van der Waals surface area contributed by atoms with Crippen molar-refractivity contribution < 1.29 is 6.13 Å². The zero-order chi connectivity index (χ0) is 40.1. The van der Waals surface area contributed by atoms with Crippen LogP contribution in [-0.4, -0.2) is 17.6 Å². The summed E-state index contributed by atoms with van der Waals surface area (Å²) in [4.78, 5) is 0. The molecule has 0 nitrogen and oxygen atoms in total. The summed E-state index contributed by atoms with van der Waals surface area (Å²) in [6.07, 6.45) is 11.2. The standard InChI is InChI=1S/C6H14.C6H12.C6H10.C5H12.C4H12Si.C4H10.C4H8.C4H6.C3H8.C2H8Si.CH4.FH.HI.H2/c3*1-5(2)6(3)4;2*1-5(2,3)4;3*1-3-4-2;2*1-3-2;;;;/h5-6H,1-4H3;1-4H3;1,3H2,2,4H3;2*1-4H3;3-4H2,1-2H3;3-4H,1-2H3;3-4H,1-2H2;2*3H2,1-2H3;1H4;3*1H/b;;;;;;4-3-;;;;;;;. The molecule has 0 aliphatic heterocycles. The third-order valence-electron chi connectivity index (χ3n) is 4.06. The van der Waals surface area contributed by atoms with Crippen LogP contribution in [0.1, 0.15) is 167 Å². The molecule has 0 N–H and O–H groups in total. The lowest BCUT2D eigenvalue weighted by atomic mass is 10.0. The van der Waals surface area contributed by atoms with Crippen molar-refractivity contribution in [1.29, 1.82) is 0 Å². The molecule has 0 saturated heterocycles. The van der Waals surface area contributed by atoms with Gasteiger partial charge in [-0.3, -0.25) is 4.70 Å². The van der Waals surface area contributed by atoms with Crippen LogP contribution >= 0.6 is 24.0 Å². The molecule has 0 bridgehead atoms. The zero-order valence-electron chi connectivity index (χ0n) is 38.9. The summed E-state index contributed by atoms with van der Waals surface area (Å²) in [6.45, 7) is 70.6. The Labute approximate surface area is 340 Å². The number of hydrogen-bond donors (Lipinski definition) is 0. The summed E-state index contributed by atoms with van der Waals surface area (Å²) in [6, 6.07) is 0. The van der Waals surface area contributed by atoms with Gasteiger partial charge in [-0.1, -0.05) is 222 Å². The Morgan fingerprint density at radius 1 is 0.653 bits per heavy atom. The summed E-state index contributed by atoms with van der Waals surface area (Å²) in [7, 11) is -0.194.